The van der Waals surface area contributed by atoms with Crippen LogP contribution < -0.4 is 4.74 Å². The lowest BCUT2D eigenvalue weighted by molar-refractivity contribution is 0.415. The van der Waals surface area contributed by atoms with Crippen LogP contribution in [0.4, 0.5) is 0 Å². The fraction of sp³-hybridized carbons (Fsp3) is 0.368. The number of rotatable bonds is 5. The molecule has 1 aromatic carbocycles. The van der Waals surface area contributed by atoms with Crippen molar-refractivity contribution in [1.29, 1.82) is 0 Å². The summed E-state index contributed by atoms with van der Waals surface area (Å²) in [5.74, 6) is 2.48. The lowest BCUT2D eigenvalue weighted by Crippen LogP contribution is -2.15. The summed E-state index contributed by atoms with van der Waals surface area (Å²) < 4.78 is 7.31. The van der Waals surface area contributed by atoms with Crippen LogP contribution in [0, 0.1) is 0 Å². The van der Waals surface area contributed by atoms with Gasteiger partial charge >= 0.3 is 0 Å². The normalized spacial score (nSPS) is 11.6. The molecular weight excluding hydrogens is 346 g/mol. The first-order valence-electron chi connectivity index (χ1n) is 8.51. The molecule has 3 aromatic rings. The first-order valence-corrected chi connectivity index (χ1v) is 9.33. The van der Waals surface area contributed by atoms with E-state index in [0.29, 0.717) is 0 Å². The Bertz CT molecular complexity index is 884. The highest BCUT2D eigenvalue weighted by molar-refractivity contribution is 7.99. The smallest absolute Gasteiger partial charge is 0.197 e. The van der Waals surface area contributed by atoms with Crippen LogP contribution in [-0.4, -0.2) is 31.8 Å². The molecule has 0 radical (unpaired) electrons. The summed E-state index contributed by atoms with van der Waals surface area (Å²) in [6.07, 6.45) is 1.80. The fourth-order valence-electron chi connectivity index (χ4n) is 2.46. The van der Waals surface area contributed by atoms with Crippen molar-refractivity contribution < 1.29 is 4.74 Å². The monoisotopic (exact) mass is 369 g/mol. The zero-order valence-electron chi connectivity index (χ0n) is 15.7. The number of methoxy groups -OCH3 is 1. The van der Waals surface area contributed by atoms with Gasteiger partial charge in [-0.1, -0.05) is 20.8 Å². The first kappa shape index (κ1) is 18.4. The third-order valence-electron chi connectivity index (χ3n) is 3.88. The van der Waals surface area contributed by atoms with Crippen molar-refractivity contribution in [3.63, 3.8) is 0 Å². The van der Waals surface area contributed by atoms with Crippen LogP contribution >= 0.6 is 11.8 Å². The molecule has 0 saturated heterocycles. The van der Waals surface area contributed by atoms with Gasteiger partial charge in [0.2, 0.25) is 0 Å². The highest BCUT2D eigenvalue weighted by atomic mass is 32.2. The van der Waals surface area contributed by atoms with Gasteiger partial charge in [0.05, 0.1) is 7.11 Å². The topological polar surface area (TPSA) is 65.7 Å². The van der Waals surface area contributed by atoms with Gasteiger partial charge in [-0.3, -0.25) is 0 Å². The summed E-state index contributed by atoms with van der Waals surface area (Å²) in [6.45, 7) is 9.17. The molecule has 6 nitrogen and oxygen atoms in total. The highest BCUT2D eigenvalue weighted by Crippen LogP contribution is 2.30. The Morgan fingerprint density at radius 3 is 2.42 bits per heavy atom. The lowest BCUT2D eigenvalue weighted by atomic mass is 9.96. The van der Waals surface area contributed by atoms with E-state index in [-0.39, 0.29) is 5.41 Å². The van der Waals surface area contributed by atoms with E-state index < -0.39 is 0 Å². The number of aromatic nitrogens is 5. The van der Waals surface area contributed by atoms with Gasteiger partial charge in [0.1, 0.15) is 16.6 Å². The van der Waals surface area contributed by atoms with E-state index in [1.165, 1.54) is 11.8 Å². The Morgan fingerprint density at radius 1 is 1.08 bits per heavy atom. The van der Waals surface area contributed by atoms with Crippen molar-refractivity contribution in [1.82, 2.24) is 24.7 Å². The molecule has 2 heterocycles. The molecule has 2 aromatic heterocycles. The molecule has 0 atom stereocenters. The van der Waals surface area contributed by atoms with Gasteiger partial charge in [0.15, 0.2) is 11.0 Å². The Labute approximate surface area is 158 Å². The molecule has 0 fully saturated rings. The Hall–Kier alpha value is -2.41. The fourth-order valence-corrected chi connectivity index (χ4v) is 3.31. The van der Waals surface area contributed by atoms with Crippen molar-refractivity contribution >= 4 is 11.8 Å². The number of hydrogen-bond acceptors (Lipinski definition) is 6. The van der Waals surface area contributed by atoms with Gasteiger partial charge in [-0.15, -0.1) is 10.2 Å². The predicted octanol–water partition coefficient (Wildman–Crippen LogP) is 4.21. The quantitative estimate of drug-likeness (QED) is 0.628. The molecule has 0 aliphatic heterocycles. The molecule has 0 saturated carbocycles. The SMILES string of the molecule is CCn1c(Sc2ccnc(C(C)(C)C)n2)nnc1-c1ccc(OC)cc1. The predicted molar refractivity (Wildman–Crippen MR) is 103 cm³/mol. The Morgan fingerprint density at radius 2 is 1.81 bits per heavy atom. The summed E-state index contributed by atoms with van der Waals surface area (Å²) in [4.78, 5) is 9.06. The summed E-state index contributed by atoms with van der Waals surface area (Å²) in [7, 11) is 1.66. The molecule has 136 valence electrons. The maximum atomic E-state index is 5.22. The first-order chi connectivity index (χ1) is 12.4. The maximum Gasteiger partial charge on any atom is 0.197 e. The van der Waals surface area contributed by atoms with E-state index in [9.17, 15) is 0 Å². The number of benzene rings is 1. The minimum absolute atomic E-state index is 0.0940. The van der Waals surface area contributed by atoms with Crippen molar-refractivity contribution in [3.8, 4) is 17.1 Å². The molecule has 0 amide bonds. The molecule has 26 heavy (non-hydrogen) atoms. The second-order valence-electron chi connectivity index (χ2n) is 6.85. The van der Waals surface area contributed by atoms with Crippen LogP contribution in [0.1, 0.15) is 33.5 Å². The molecule has 0 aliphatic rings. The molecule has 0 spiro atoms. The Balaban J connectivity index is 1.91. The van der Waals surface area contributed by atoms with E-state index >= 15 is 0 Å². The maximum absolute atomic E-state index is 5.22. The summed E-state index contributed by atoms with van der Waals surface area (Å²) in [6, 6.07) is 9.74. The number of hydrogen-bond donors (Lipinski definition) is 0. The van der Waals surface area contributed by atoms with Crippen molar-refractivity contribution in [3.05, 3.63) is 42.4 Å². The van der Waals surface area contributed by atoms with Crippen molar-refractivity contribution in [2.75, 3.05) is 7.11 Å². The largest absolute Gasteiger partial charge is 0.497 e. The van der Waals surface area contributed by atoms with E-state index in [0.717, 1.165) is 39.7 Å². The van der Waals surface area contributed by atoms with Crippen molar-refractivity contribution in [2.45, 2.75) is 49.8 Å². The second-order valence-corrected chi connectivity index (χ2v) is 7.84. The van der Waals surface area contributed by atoms with Gasteiger partial charge in [0, 0.05) is 23.7 Å². The average Bonchev–Trinajstić information content (AvgIpc) is 3.04. The second kappa shape index (κ2) is 7.45. The highest BCUT2D eigenvalue weighted by Gasteiger charge is 2.19. The van der Waals surface area contributed by atoms with Crippen LogP contribution in [0.15, 0.2) is 46.7 Å². The zero-order valence-corrected chi connectivity index (χ0v) is 16.5. The van der Waals surface area contributed by atoms with Crippen LogP contribution in [-0.2, 0) is 12.0 Å². The molecule has 0 bridgehead atoms. The van der Waals surface area contributed by atoms with Crippen LogP contribution in [0.2, 0.25) is 0 Å². The van der Waals surface area contributed by atoms with Gasteiger partial charge in [-0.05, 0) is 49.0 Å². The number of nitrogens with zero attached hydrogens (tertiary/aromatic N) is 5. The Kier molecular flexibility index (Phi) is 5.27. The molecule has 0 unspecified atom stereocenters. The van der Waals surface area contributed by atoms with Crippen LogP contribution in [0.25, 0.3) is 11.4 Å². The van der Waals surface area contributed by atoms with E-state index in [1.54, 1.807) is 13.3 Å². The van der Waals surface area contributed by atoms with E-state index in [4.69, 9.17) is 4.74 Å². The summed E-state index contributed by atoms with van der Waals surface area (Å²) in [5.41, 5.74) is 0.911. The zero-order chi connectivity index (χ0) is 18.7. The molecule has 7 heteroatoms. The summed E-state index contributed by atoms with van der Waals surface area (Å²) >= 11 is 1.51. The third-order valence-corrected chi connectivity index (χ3v) is 4.80. The lowest BCUT2D eigenvalue weighted by Gasteiger charge is -2.16. The van der Waals surface area contributed by atoms with Gasteiger partial charge in [-0.25, -0.2) is 9.97 Å². The van der Waals surface area contributed by atoms with E-state index in [1.807, 2.05) is 30.3 Å². The molecule has 3 rings (SSSR count). The third kappa shape index (κ3) is 3.88. The minimum atomic E-state index is -0.0940. The van der Waals surface area contributed by atoms with Gasteiger partial charge in [-0.2, -0.15) is 0 Å². The number of ether oxygens (including phenoxy) is 1. The molecular formula is C19H23N5OS. The van der Waals surface area contributed by atoms with Crippen molar-refractivity contribution in [2.24, 2.45) is 0 Å². The summed E-state index contributed by atoms with van der Waals surface area (Å²) in [5, 5.41) is 10.5. The van der Waals surface area contributed by atoms with Crippen LogP contribution in [0.5, 0.6) is 5.75 Å². The van der Waals surface area contributed by atoms with Crippen LogP contribution in [0.3, 0.4) is 0 Å². The standard InChI is InChI=1S/C19H23N5OS/c1-6-24-16(13-7-9-14(25-5)10-8-13)22-23-18(24)26-15-11-12-20-17(21-15)19(2,3)4/h7-12H,6H2,1-5H3. The van der Waals surface area contributed by atoms with Gasteiger partial charge < -0.3 is 9.30 Å². The molecule has 0 aliphatic carbocycles. The van der Waals surface area contributed by atoms with Gasteiger partial charge in [0.25, 0.3) is 0 Å². The average molecular weight is 369 g/mol. The van der Waals surface area contributed by atoms with E-state index in [2.05, 4.69) is 52.4 Å². The minimum Gasteiger partial charge on any atom is -0.497 e. The molecule has 0 N–H and O–H groups in total.